The van der Waals surface area contributed by atoms with Gasteiger partial charge in [0.05, 0.1) is 16.8 Å². The highest BCUT2D eigenvalue weighted by Crippen LogP contribution is 2.62. The van der Waals surface area contributed by atoms with Gasteiger partial charge in [0.2, 0.25) is 0 Å². The van der Waals surface area contributed by atoms with E-state index < -0.39 is 5.41 Å². The minimum absolute atomic E-state index is 0.398. The third-order valence-corrected chi connectivity index (χ3v) is 12.6. The first-order valence-electron chi connectivity index (χ1n) is 19.1. The second-order valence-electron chi connectivity index (χ2n) is 14.5. The SMILES string of the molecule is c1ccc(-c2ccc(-c3cc(-c4ccc(-c5ccc6c(c5)C5(c7ccccc7S6)c6ccccc6-c6ccccc65)cc4)nc(-c4ccccc4)n3)cc2)cc1. The summed E-state index contributed by atoms with van der Waals surface area (Å²) >= 11 is 1.88. The zero-order valence-corrected chi connectivity index (χ0v) is 31.2. The summed E-state index contributed by atoms with van der Waals surface area (Å²) in [5.41, 5.74) is 17.3. The standard InChI is InChI=1S/C53H34N2S/c1-3-13-35(14-4-1)36-23-27-38(28-24-36)48-34-49(55-52(54-48)40-15-5-2-6-16-40)39-29-25-37(26-30-39)41-31-32-51-47(33-41)53(46-21-11-12-22-50(46)56-51)44-19-9-7-17-42(44)43-18-8-10-20-45(43)53/h1-34H. The smallest absolute Gasteiger partial charge is 0.160 e. The third kappa shape index (κ3) is 5.20. The molecular formula is C53H34N2S. The maximum Gasteiger partial charge on any atom is 0.160 e. The molecule has 9 aromatic rings. The normalized spacial score (nSPS) is 13.1. The Balaban J connectivity index is 1.01. The number of rotatable bonds is 5. The predicted octanol–water partition coefficient (Wildman–Crippen LogP) is 13.6. The van der Waals surface area contributed by atoms with E-state index >= 15 is 0 Å². The lowest BCUT2D eigenvalue weighted by Crippen LogP contribution is -2.32. The van der Waals surface area contributed by atoms with E-state index in [-0.39, 0.29) is 0 Å². The molecule has 262 valence electrons. The van der Waals surface area contributed by atoms with Crippen molar-refractivity contribution in [2.24, 2.45) is 0 Å². The highest BCUT2D eigenvalue weighted by atomic mass is 32.2. The summed E-state index contributed by atoms with van der Waals surface area (Å²) in [6.07, 6.45) is 0. The second-order valence-corrected chi connectivity index (χ2v) is 15.6. The molecule has 2 heterocycles. The fraction of sp³-hybridized carbons (Fsp3) is 0.0189. The molecule has 2 aliphatic rings. The van der Waals surface area contributed by atoms with Crippen molar-refractivity contribution < 1.29 is 0 Å². The molecular weight excluding hydrogens is 697 g/mol. The Labute approximate surface area is 331 Å². The summed E-state index contributed by atoms with van der Waals surface area (Å²) in [5.74, 6) is 0.712. The zero-order chi connectivity index (χ0) is 37.1. The van der Waals surface area contributed by atoms with Crippen LogP contribution in [0.3, 0.4) is 0 Å². The number of fused-ring (bicyclic) bond motifs is 9. The summed E-state index contributed by atoms with van der Waals surface area (Å²) < 4.78 is 0. The average molecular weight is 731 g/mol. The Morgan fingerprint density at radius 1 is 0.304 bits per heavy atom. The Morgan fingerprint density at radius 2 is 0.732 bits per heavy atom. The van der Waals surface area contributed by atoms with Crippen LogP contribution in [0.5, 0.6) is 0 Å². The van der Waals surface area contributed by atoms with Crippen LogP contribution in [0.4, 0.5) is 0 Å². The molecule has 0 fully saturated rings. The summed E-state index contributed by atoms with van der Waals surface area (Å²) in [5, 5.41) is 0. The molecule has 11 rings (SSSR count). The summed E-state index contributed by atoms with van der Waals surface area (Å²) in [6.45, 7) is 0. The van der Waals surface area contributed by atoms with E-state index in [1.54, 1.807) is 0 Å². The molecule has 0 radical (unpaired) electrons. The van der Waals surface area contributed by atoms with Gasteiger partial charge in [0.15, 0.2) is 5.82 Å². The largest absolute Gasteiger partial charge is 0.228 e. The minimum atomic E-state index is -0.398. The van der Waals surface area contributed by atoms with Gasteiger partial charge in [0.25, 0.3) is 0 Å². The van der Waals surface area contributed by atoms with Crippen LogP contribution in [0.25, 0.3) is 67.3 Å². The van der Waals surface area contributed by atoms with Crippen molar-refractivity contribution in [3.63, 3.8) is 0 Å². The molecule has 1 aliphatic heterocycles. The van der Waals surface area contributed by atoms with Crippen LogP contribution < -0.4 is 0 Å². The molecule has 3 heteroatoms. The van der Waals surface area contributed by atoms with Crippen LogP contribution in [-0.2, 0) is 5.41 Å². The topological polar surface area (TPSA) is 25.8 Å². The zero-order valence-electron chi connectivity index (χ0n) is 30.4. The molecule has 2 nitrogen and oxygen atoms in total. The maximum atomic E-state index is 5.12. The van der Waals surface area contributed by atoms with Crippen molar-refractivity contribution >= 4 is 11.8 Å². The van der Waals surface area contributed by atoms with E-state index in [0.717, 1.165) is 28.1 Å². The highest BCUT2D eigenvalue weighted by molar-refractivity contribution is 7.99. The lowest BCUT2D eigenvalue weighted by atomic mass is 9.67. The molecule has 0 atom stereocenters. The molecule has 1 spiro atoms. The van der Waals surface area contributed by atoms with Gasteiger partial charge >= 0.3 is 0 Å². The van der Waals surface area contributed by atoms with Crippen LogP contribution in [0.1, 0.15) is 22.3 Å². The summed E-state index contributed by atoms with van der Waals surface area (Å²) in [6, 6.07) is 74.4. The van der Waals surface area contributed by atoms with E-state index in [1.165, 1.54) is 65.4 Å². The monoisotopic (exact) mass is 730 g/mol. The van der Waals surface area contributed by atoms with Gasteiger partial charge in [-0.25, -0.2) is 9.97 Å². The van der Waals surface area contributed by atoms with Crippen LogP contribution >= 0.6 is 11.8 Å². The van der Waals surface area contributed by atoms with Gasteiger partial charge in [0, 0.05) is 26.5 Å². The Kier molecular flexibility index (Phi) is 7.68. The molecule has 0 saturated carbocycles. The predicted molar refractivity (Wildman–Crippen MR) is 231 cm³/mol. The van der Waals surface area contributed by atoms with Crippen molar-refractivity contribution in [2.75, 3.05) is 0 Å². The van der Waals surface area contributed by atoms with Gasteiger partial charge in [-0.1, -0.05) is 194 Å². The Bertz CT molecular complexity index is 2870. The fourth-order valence-electron chi connectivity index (χ4n) is 8.79. The Morgan fingerprint density at radius 3 is 1.34 bits per heavy atom. The molecule has 0 N–H and O–H groups in total. The van der Waals surface area contributed by atoms with Gasteiger partial charge in [-0.05, 0) is 79.9 Å². The van der Waals surface area contributed by atoms with Crippen LogP contribution in [0.2, 0.25) is 0 Å². The van der Waals surface area contributed by atoms with Crippen LogP contribution in [0, 0.1) is 0 Å². The molecule has 0 unspecified atom stereocenters. The molecule has 0 amide bonds. The molecule has 0 saturated heterocycles. The number of hydrogen-bond donors (Lipinski definition) is 0. The van der Waals surface area contributed by atoms with Gasteiger partial charge in [-0.3, -0.25) is 0 Å². The fourth-order valence-corrected chi connectivity index (χ4v) is 9.97. The lowest BCUT2D eigenvalue weighted by molar-refractivity contribution is 0.723. The summed E-state index contributed by atoms with van der Waals surface area (Å²) in [4.78, 5) is 12.8. The van der Waals surface area contributed by atoms with Crippen molar-refractivity contribution in [3.8, 4) is 67.3 Å². The van der Waals surface area contributed by atoms with Crippen molar-refractivity contribution in [2.45, 2.75) is 15.2 Å². The number of hydrogen-bond acceptors (Lipinski definition) is 3. The van der Waals surface area contributed by atoms with Crippen molar-refractivity contribution in [3.05, 3.63) is 229 Å². The molecule has 56 heavy (non-hydrogen) atoms. The highest BCUT2D eigenvalue weighted by Gasteiger charge is 2.50. The Hall–Kier alpha value is -6.81. The van der Waals surface area contributed by atoms with E-state index in [1.807, 2.05) is 36.0 Å². The van der Waals surface area contributed by atoms with Crippen molar-refractivity contribution in [1.29, 1.82) is 0 Å². The average Bonchev–Trinajstić information content (AvgIpc) is 3.57. The van der Waals surface area contributed by atoms with Gasteiger partial charge in [-0.15, -0.1) is 0 Å². The molecule has 1 aliphatic carbocycles. The van der Waals surface area contributed by atoms with Crippen LogP contribution in [0.15, 0.2) is 216 Å². The van der Waals surface area contributed by atoms with Crippen molar-refractivity contribution in [1.82, 2.24) is 9.97 Å². The molecule has 0 bridgehead atoms. The third-order valence-electron chi connectivity index (χ3n) is 11.4. The lowest BCUT2D eigenvalue weighted by Gasteiger charge is -2.40. The summed E-state index contributed by atoms with van der Waals surface area (Å²) in [7, 11) is 0. The van der Waals surface area contributed by atoms with E-state index in [9.17, 15) is 0 Å². The number of aromatic nitrogens is 2. The van der Waals surface area contributed by atoms with E-state index in [0.29, 0.717) is 5.82 Å². The number of nitrogens with zero attached hydrogens (tertiary/aromatic N) is 2. The minimum Gasteiger partial charge on any atom is -0.228 e. The first-order chi connectivity index (χ1) is 27.7. The second kappa shape index (κ2) is 13.2. The molecule has 1 aromatic heterocycles. The maximum absolute atomic E-state index is 5.12. The van der Waals surface area contributed by atoms with Gasteiger partial charge in [-0.2, -0.15) is 0 Å². The molecule has 8 aromatic carbocycles. The first-order valence-corrected chi connectivity index (χ1v) is 19.9. The first kappa shape index (κ1) is 32.6. The van der Waals surface area contributed by atoms with Crippen LogP contribution in [-0.4, -0.2) is 9.97 Å². The number of benzene rings is 8. The van der Waals surface area contributed by atoms with Gasteiger partial charge in [0.1, 0.15) is 0 Å². The quantitative estimate of drug-likeness (QED) is 0.176. The van der Waals surface area contributed by atoms with E-state index in [2.05, 4.69) is 182 Å². The van der Waals surface area contributed by atoms with Gasteiger partial charge < -0.3 is 0 Å². The van der Waals surface area contributed by atoms with E-state index in [4.69, 9.17) is 9.97 Å².